The summed E-state index contributed by atoms with van der Waals surface area (Å²) in [4.78, 5) is 23.2. The molecular formula is C15H20N2O2S. The second-order valence-corrected chi connectivity index (χ2v) is 5.65. The van der Waals surface area contributed by atoms with Crippen LogP contribution in [0.25, 0.3) is 0 Å². The smallest absolute Gasteiger partial charge is 0.251 e. The summed E-state index contributed by atoms with van der Waals surface area (Å²) in [5.74, 6) is 0.630. The molecule has 1 aromatic carbocycles. The molecule has 0 aliphatic heterocycles. The number of rotatable bonds is 6. The average molecular weight is 292 g/mol. The van der Waals surface area contributed by atoms with Crippen LogP contribution in [0.15, 0.2) is 24.3 Å². The van der Waals surface area contributed by atoms with Gasteiger partial charge in [-0.25, -0.2) is 0 Å². The zero-order valence-electron chi connectivity index (χ0n) is 11.6. The topological polar surface area (TPSA) is 58.2 Å². The number of hydrogen-bond donors (Lipinski definition) is 2. The maximum atomic E-state index is 11.9. The highest BCUT2D eigenvalue weighted by Gasteiger charge is 2.23. The maximum absolute atomic E-state index is 11.9. The minimum atomic E-state index is -0.0537. The molecule has 0 radical (unpaired) electrons. The van der Waals surface area contributed by atoms with E-state index in [9.17, 15) is 9.59 Å². The number of carbonyl (C=O) groups is 2. The first-order chi connectivity index (χ1) is 9.70. The van der Waals surface area contributed by atoms with Gasteiger partial charge >= 0.3 is 0 Å². The van der Waals surface area contributed by atoms with E-state index >= 15 is 0 Å². The van der Waals surface area contributed by atoms with Crippen molar-refractivity contribution < 1.29 is 9.59 Å². The summed E-state index contributed by atoms with van der Waals surface area (Å²) in [6.45, 7) is 1.35. The average Bonchev–Trinajstić information content (AvgIpc) is 2.90. The number of benzene rings is 1. The Balaban J connectivity index is 1.87. The normalized spacial score (nSPS) is 18.2. The molecule has 1 fully saturated rings. The largest absolute Gasteiger partial charge is 0.351 e. The maximum Gasteiger partial charge on any atom is 0.251 e. The third kappa shape index (κ3) is 4.08. The van der Waals surface area contributed by atoms with E-state index in [1.807, 2.05) is 30.5 Å². The monoisotopic (exact) mass is 292 g/mol. The van der Waals surface area contributed by atoms with Crippen LogP contribution in [-0.4, -0.2) is 31.0 Å². The molecule has 0 heterocycles. The highest BCUT2D eigenvalue weighted by Crippen LogP contribution is 2.31. The number of nitrogens with one attached hydrogen (secondary N) is 2. The van der Waals surface area contributed by atoms with Crippen molar-refractivity contribution in [3.63, 3.8) is 0 Å². The molecule has 1 amide bonds. The Labute approximate surface area is 123 Å². The molecule has 1 atom stereocenters. The van der Waals surface area contributed by atoms with Gasteiger partial charge in [0.1, 0.15) is 5.78 Å². The van der Waals surface area contributed by atoms with E-state index in [1.54, 1.807) is 0 Å². The van der Waals surface area contributed by atoms with E-state index in [1.165, 1.54) is 11.9 Å². The molecule has 1 aromatic rings. The third-order valence-corrected chi connectivity index (χ3v) is 4.04. The molecule has 1 aliphatic rings. The molecular weight excluding hydrogens is 272 g/mol. The van der Waals surface area contributed by atoms with Crippen LogP contribution in [0, 0.1) is 0 Å². The fourth-order valence-electron chi connectivity index (χ4n) is 2.44. The standard InChI is InChI=1S/C15H20N2O2S/c1-20-17-9-8-16-15(19)12-4-2-11(3-5-12)13-6-7-14(18)10-13/h2-5,13,17H,6-10H2,1H3,(H,16,19). The second kappa shape index (κ2) is 7.45. The Hall–Kier alpha value is -1.33. The summed E-state index contributed by atoms with van der Waals surface area (Å²) in [6, 6.07) is 7.63. The van der Waals surface area contributed by atoms with Crippen molar-refractivity contribution in [3.05, 3.63) is 35.4 Å². The second-order valence-electron chi connectivity index (χ2n) is 4.95. The third-order valence-electron chi connectivity index (χ3n) is 3.55. The number of ketones is 1. The first kappa shape index (κ1) is 15.1. The van der Waals surface area contributed by atoms with E-state index in [0.29, 0.717) is 36.7 Å². The van der Waals surface area contributed by atoms with Gasteiger partial charge in [0.15, 0.2) is 0 Å². The van der Waals surface area contributed by atoms with Gasteiger partial charge < -0.3 is 5.32 Å². The molecule has 0 bridgehead atoms. The zero-order valence-corrected chi connectivity index (χ0v) is 12.5. The number of amides is 1. The Morgan fingerprint density at radius 1 is 1.30 bits per heavy atom. The quantitative estimate of drug-likeness (QED) is 0.623. The highest BCUT2D eigenvalue weighted by atomic mass is 32.2. The summed E-state index contributed by atoms with van der Waals surface area (Å²) in [5, 5.41) is 2.86. The number of Topliss-reactive ketones (excluding diaryl/α,β-unsaturated/α-hetero) is 1. The fraction of sp³-hybridized carbons (Fsp3) is 0.467. The van der Waals surface area contributed by atoms with E-state index in [2.05, 4.69) is 10.0 Å². The Bertz CT molecular complexity index is 473. The van der Waals surface area contributed by atoms with Crippen LogP contribution in [0.1, 0.15) is 41.1 Å². The number of hydrogen-bond acceptors (Lipinski definition) is 4. The van der Waals surface area contributed by atoms with Crippen molar-refractivity contribution >= 4 is 23.6 Å². The molecule has 1 unspecified atom stereocenters. The summed E-state index contributed by atoms with van der Waals surface area (Å²) >= 11 is 1.54. The summed E-state index contributed by atoms with van der Waals surface area (Å²) in [6.07, 6.45) is 4.22. The van der Waals surface area contributed by atoms with Gasteiger partial charge in [-0.05, 0) is 36.3 Å². The fourth-order valence-corrected chi connectivity index (χ4v) is 2.74. The number of carbonyl (C=O) groups excluding carboxylic acids is 2. The van der Waals surface area contributed by atoms with Gasteiger partial charge in [-0.15, -0.1) is 0 Å². The van der Waals surface area contributed by atoms with Gasteiger partial charge in [0.25, 0.3) is 5.91 Å². The van der Waals surface area contributed by atoms with Crippen LogP contribution >= 0.6 is 11.9 Å². The van der Waals surface area contributed by atoms with Gasteiger partial charge in [-0.2, -0.15) is 0 Å². The lowest BCUT2D eigenvalue weighted by atomic mass is 9.96. The SMILES string of the molecule is CSNCCNC(=O)c1ccc(C2CCC(=O)C2)cc1. The van der Waals surface area contributed by atoms with E-state index in [4.69, 9.17) is 0 Å². The lowest BCUT2D eigenvalue weighted by Crippen LogP contribution is -2.29. The van der Waals surface area contributed by atoms with Gasteiger partial charge in [-0.3, -0.25) is 14.3 Å². The summed E-state index contributed by atoms with van der Waals surface area (Å²) in [5.41, 5.74) is 1.83. The predicted octanol–water partition coefficient (Wildman–Crippen LogP) is 2.12. The van der Waals surface area contributed by atoms with Crippen LogP contribution in [0.3, 0.4) is 0 Å². The van der Waals surface area contributed by atoms with Crippen molar-refractivity contribution in [1.82, 2.24) is 10.0 Å². The molecule has 108 valence electrons. The van der Waals surface area contributed by atoms with Crippen LogP contribution in [0.2, 0.25) is 0 Å². The molecule has 2 rings (SSSR count). The van der Waals surface area contributed by atoms with Crippen molar-refractivity contribution in [2.24, 2.45) is 0 Å². The van der Waals surface area contributed by atoms with E-state index in [0.717, 1.165) is 18.5 Å². The molecule has 2 N–H and O–H groups in total. The molecule has 0 spiro atoms. The van der Waals surface area contributed by atoms with Crippen LogP contribution in [0.5, 0.6) is 0 Å². The van der Waals surface area contributed by atoms with E-state index < -0.39 is 0 Å². The first-order valence-electron chi connectivity index (χ1n) is 6.86. The Morgan fingerprint density at radius 3 is 2.65 bits per heavy atom. The van der Waals surface area contributed by atoms with Crippen molar-refractivity contribution in [1.29, 1.82) is 0 Å². The van der Waals surface area contributed by atoms with Crippen molar-refractivity contribution in [2.75, 3.05) is 19.3 Å². The van der Waals surface area contributed by atoms with E-state index in [-0.39, 0.29) is 5.91 Å². The van der Waals surface area contributed by atoms with Crippen LogP contribution < -0.4 is 10.0 Å². The summed E-state index contributed by atoms with van der Waals surface area (Å²) < 4.78 is 3.08. The van der Waals surface area contributed by atoms with Gasteiger partial charge in [0.2, 0.25) is 0 Å². The predicted molar refractivity (Wildman–Crippen MR) is 81.9 cm³/mol. The Kier molecular flexibility index (Phi) is 5.61. The van der Waals surface area contributed by atoms with Gasteiger partial charge in [0.05, 0.1) is 0 Å². The van der Waals surface area contributed by atoms with Gasteiger partial charge in [-0.1, -0.05) is 24.1 Å². The van der Waals surface area contributed by atoms with Crippen molar-refractivity contribution in [2.45, 2.75) is 25.2 Å². The highest BCUT2D eigenvalue weighted by molar-refractivity contribution is 7.96. The lowest BCUT2D eigenvalue weighted by Gasteiger charge is -2.10. The lowest BCUT2D eigenvalue weighted by molar-refractivity contribution is -0.117. The molecule has 5 heteroatoms. The molecule has 20 heavy (non-hydrogen) atoms. The first-order valence-corrected chi connectivity index (χ1v) is 8.09. The summed E-state index contributed by atoms with van der Waals surface area (Å²) in [7, 11) is 0. The molecule has 1 saturated carbocycles. The zero-order chi connectivity index (χ0) is 14.4. The Morgan fingerprint density at radius 2 is 2.05 bits per heavy atom. The molecule has 0 aromatic heterocycles. The van der Waals surface area contributed by atoms with Crippen molar-refractivity contribution in [3.8, 4) is 0 Å². The van der Waals surface area contributed by atoms with Crippen LogP contribution in [-0.2, 0) is 4.79 Å². The molecule has 4 nitrogen and oxygen atoms in total. The molecule has 1 aliphatic carbocycles. The molecule has 0 saturated heterocycles. The minimum absolute atomic E-state index is 0.0537. The van der Waals surface area contributed by atoms with Gasteiger partial charge in [0, 0.05) is 31.5 Å². The van der Waals surface area contributed by atoms with Crippen LogP contribution in [0.4, 0.5) is 0 Å². The minimum Gasteiger partial charge on any atom is -0.351 e.